The number of hydrogen-bond acceptors (Lipinski definition) is 5. The van der Waals surface area contributed by atoms with Gasteiger partial charge in [0.1, 0.15) is 12.2 Å². The number of aromatic nitrogens is 3. The van der Waals surface area contributed by atoms with Gasteiger partial charge in [-0.3, -0.25) is 4.90 Å². The Morgan fingerprint density at radius 1 is 1.16 bits per heavy atom. The van der Waals surface area contributed by atoms with Gasteiger partial charge in [-0.2, -0.15) is 5.10 Å². The van der Waals surface area contributed by atoms with Gasteiger partial charge < -0.3 is 10.6 Å². The van der Waals surface area contributed by atoms with Gasteiger partial charge in [0, 0.05) is 32.7 Å². The molecule has 6 heteroatoms. The summed E-state index contributed by atoms with van der Waals surface area (Å²) in [6.45, 7) is 10.5. The Bertz CT molecular complexity index is 356. The fourth-order valence-electron chi connectivity index (χ4n) is 2.50. The van der Waals surface area contributed by atoms with Crippen molar-refractivity contribution in [1.29, 1.82) is 0 Å². The third-order valence-electron chi connectivity index (χ3n) is 3.64. The molecule has 2 N–H and O–H groups in total. The number of rotatable bonds is 7. The topological polar surface area (TPSA) is 63.2 Å². The SMILES string of the molecule is CCCn1ncnc1CN1CCN(CCCN)CC1. The van der Waals surface area contributed by atoms with Crippen LogP contribution in [-0.4, -0.2) is 63.8 Å². The molecule has 108 valence electrons. The van der Waals surface area contributed by atoms with E-state index in [1.54, 1.807) is 6.33 Å². The van der Waals surface area contributed by atoms with Crippen LogP contribution in [-0.2, 0) is 13.1 Å². The molecule has 1 aromatic heterocycles. The van der Waals surface area contributed by atoms with E-state index in [2.05, 4.69) is 26.8 Å². The van der Waals surface area contributed by atoms with Gasteiger partial charge in [-0.1, -0.05) is 6.92 Å². The molecule has 1 saturated heterocycles. The first kappa shape index (κ1) is 14.4. The fourth-order valence-corrected chi connectivity index (χ4v) is 2.50. The summed E-state index contributed by atoms with van der Waals surface area (Å²) in [7, 11) is 0. The molecule has 1 fully saturated rings. The van der Waals surface area contributed by atoms with Crippen LogP contribution >= 0.6 is 0 Å². The van der Waals surface area contributed by atoms with Crippen molar-refractivity contribution in [3.05, 3.63) is 12.2 Å². The molecule has 1 aliphatic rings. The average Bonchev–Trinajstić information content (AvgIpc) is 2.86. The standard InChI is InChI=1S/C13H26N6/c1-2-5-19-13(15-12-16-19)11-18-9-7-17(8-10-18)6-3-4-14/h12H,2-11,14H2,1H3. The zero-order valence-corrected chi connectivity index (χ0v) is 12.0. The van der Waals surface area contributed by atoms with E-state index in [1.807, 2.05) is 4.68 Å². The summed E-state index contributed by atoms with van der Waals surface area (Å²) in [5.74, 6) is 1.09. The molecule has 0 radical (unpaired) electrons. The van der Waals surface area contributed by atoms with E-state index >= 15 is 0 Å². The third kappa shape index (κ3) is 4.26. The van der Waals surface area contributed by atoms with Crippen LogP contribution in [0.25, 0.3) is 0 Å². The van der Waals surface area contributed by atoms with Crippen molar-refractivity contribution >= 4 is 0 Å². The molecule has 1 aliphatic heterocycles. The number of hydrogen-bond donors (Lipinski definition) is 1. The van der Waals surface area contributed by atoms with E-state index in [-0.39, 0.29) is 0 Å². The Hall–Kier alpha value is -0.980. The Kier molecular flexibility index (Phi) is 5.75. The van der Waals surface area contributed by atoms with Crippen LogP contribution in [0.1, 0.15) is 25.6 Å². The van der Waals surface area contributed by atoms with Gasteiger partial charge in [0.15, 0.2) is 0 Å². The summed E-state index contributed by atoms with van der Waals surface area (Å²) in [5.41, 5.74) is 5.55. The van der Waals surface area contributed by atoms with E-state index < -0.39 is 0 Å². The molecule has 1 aromatic rings. The summed E-state index contributed by atoms with van der Waals surface area (Å²) in [5, 5.41) is 4.28. The Morgan fingerprint density at radius 3 is 2.58 bits per heavy atom. The number of nitrogens with two attached hydrogens (primary N) is 1. The molecule has 0 aliphatic carbocycles. The minimum Gasteiger partial charge on any atom is -0.330 e. The van der Waals surface area contributed by atoms with E-state index in [9.17, 15) is 0 Å². The van der Waals surface area contributed by atoms with Crippen molar-refractivity contribution < 1.29 is 0 Å². The smallest absolute Gasteiger partial charge is 0.141 e. The predicted octanol–water partition coefficient (Wildman–Crippen LogP) is 0.155. The fraction of sp³-hybridized carbons (Fsp3) is 0.846. The molecule has 6 nitrogen and oxygen atoms in total. The highest BCUT2D eigenvalue weighted by Gasteiger charge is 2.18. The van der Waals surface area contributed by atoms with Gasteiger partial charge >= 0.3 is 0 Å². The molecule has 0 atom stereocenters. The lowest BCUT2D eigenvalue weighted by Crippen LogP contribution is -2.46. The van der Waals surface area contributed by atoms with Gasteiger partial charge in [0.25, 0.3) is 0 Å². The first-order valence-electron chi connectivity index (χ1n) is 7.35. The predicted molar refractivity (Wildman–Crippen MR) is 75.7 cm³/mol. The zero-order chi connectivity index (χ0) is 13.5. The molecule has 19 heavy (non-hydrogen) atoms. The Morgan fingerprint density at radius 2 is 1.89 bits per heavy atom. The van der Waals surface area contributed by atoms with Crippen LogP contribution in [0, 0.1) is 0 Å². The maximum atomic E-state index is 5.55. The van der Waals surface area contributed by atoms with Crippen LogP contribution in [0.4, 0.5) is 0 Å². The molecule has 0 unspecified atom stereocenters. The van der Waals surface area contributed by atoms with Gasteiger partial charge in [0.05, 0.1) is 6.54 Å². The first-order chi connectivity index (χ1) is 9.33. The number of nitrogens with zero attached hydrogens (tertiary/aromatic N) is 5. The quantitative estimate of drug-likeness (QED) is 0.761. The minimum atomic E-state index is 0.792. The lowest BCUT2D eigenvalue weighted by atomic mass is 10.3. The summed E-state index contributed by atoms with van der Waals surface area (Å²) in [4.78, 5) is 9.35. The highest BCUT2D eigenvalue weighted by atomic mass is 15.4. The second-order valence-electron chi connectivity index (χ2n) is 5.16. The van der Waals surface area contributed by atoms with Crippen LogP contribution in [0.15, 0.2) is 6.33 Å². The van der Waals surface area contributed by atoms with Crippen molar-refractivity contribution in [3.8, 4) is 0 Å². The molecule has 0 saturated carbocycles. The van der Waals surface area contributed by atoms with Gasteiger partial charge in [0.2, 0.25) is 0 Å². The van der Waals surface area contributed by atoms with Crippen LogP contribution in [0.2, 0.25) is 0 Å². The van der Waals surface area contributed by atoms with Crippen molar-refractivity contribution in [2.24, 2.45) is 5.73 Å². The first-order valence-corrected chi connectivity index (χ1v) is 7.35. The second kappa shape index (κ2) is 7.57. The largest absolute Gasteiger partial charge is 0.330 e. The highest BCUT2D eigenvalue weighted by Crippen LogP contribution is 2.07. The summed E-state index contributed by atoms with van der Waals surface area (Å²) >= 11 is 0. The van der Waals surface area contributed by atoms with Gasteiger partial charge in [-0.05, 0) is 25.9 Å². The second-order valence-corrected chi connectivity index (χ2v) is 5.16. The van der Waals surface area contributed by atoms with Crippen molar-refractivity contribution in [1.82, 2.24) is 24.6 Å². The Balaban J connectivity index is 1.77. The zero-order valence-electron chi connectivity index (χ0n) is 12.0. The molecule has 2 rings (SSSR count). The van der Waals surface area contributed by atoms with Crippen LogP contribution in [0.3, 0.4) is 0 Å². The Labute approximate surface area is 115 Å². The van der Waals surface area contributed by atoms with Crippen LogP contribution < -0.4 is 5.73 Å². The molecule has 0 bridgehead atoms. The summed E-state index contributed by atoms with van der Waals surface area (Å²) < 4.78 is 2.03. The van der Waals surface area contributed by atoms with Gasteiger partial charge in [-0.15, -0.1) is 0 Å². The molecule has 2 heterocycles. The number of aryl methyl sites for hydroxylation is 1. The highest BCUT2D eigenvalue weighted by molar-refractivity contribution is 4.86. The average molecular weight is 266 g/mol. The lowest BCUT2D eigenvalue weighted by Gasteiger charge is -2.34. The maximum Gasteiger partial charge on any atom is 0.141 e. The molecule has 0 aromatic carbocycles. The van der Waals surface area contributed by atoms with Crippen molar-refractivity contribution in [3.63, 3.8) is 0 Å². The van der Waals surface area contributed by atoms with E-state index in [1.165, 1.54) is 0 Å². The molecule has 0 amide bonds. The lowest BCUT2D eigenvalue weighted by molar-refractivity contribution is 0.123. The molecular weight excluding hydrogens is 240 g/mol. The number of piperazine rings is 1. The van der Waals surface area contributed by atoms with E-state index in [0.29, 0.717) is 0 Å². The third-order valence-corrected chi connectivity index (χ3v) is 3.64. The minimum absolute atomic E-state index is 0.792. The normalized spacial score (nSPS) is 18.0. The summed E-state index contributed by atoms with van der Waals surface area (Å²) in [6.07, 6.45) is 3.87. The molecular formula is C13H26N6. The van der Waals surface area contributed by atoms with Crippen molar-refractivity contribution in [2.45, 2.75) is 32.9 Å². The molecule has 0 spiro atoms. The summed E-state index contributed by atoms with van der Waals surface area (Å²) in [6, 6.07) is 0. The van der Waals surface area contributed by atoms with Crippen LogP contribution in [0.5, 0.6) is 0 Å². The monoisotopic (exact) mass is 266 g/mol. The van der Waals surface area contributed by atoms with E-state index in [0.717, 1.165) is 71.0 Å². The van der Waals surface area contributed by atoms with Gasteiger partial charge in [-0.25, -0.2) is 9.67 Å². The van der Waals surface area contributed by atoms with E-state index in [4.69, 9.17) is 5.73 Å². The van der Waals surface area contributed by atoms with Crippen molar-refractivity contribution in [2.75, 3.05) is 39.3 Å². The maximum absolute atomic E-state index is 5.55.